The molecular weight excluding hydrogens is 316 g/mol. The maximum atomic E-state index is 13.1. The molecule has 1 heterocycles. The molecule has 0 radical (unpaired) electrons. The highest BCUT2D eigenvalue weighted by molar-refractivity contribution is 6.40. The largest absolute Gasteiger partial charge is 0.373 e. The first-order valence-electron chi connectivity index (χ1n) is 6.03. The van der Waals surface area contributed by atoms with E-state index < -0.39 is 11.7 Å². The van der Waals surface area contributed by atoms with E-state index in [1.54, 1.807) is 26.1 Å². The third-order valence-electron chi connectivity index (χ3n) is 2.72. The van der Waals surface area contributed by atoms with Crippen LogP contribution in [0.15, 0.2) is 24.3 Å². The number of pyridine rings is 1. The number of aromatic nitrogens is 1. The van der Waals surface area contributed by atoms with Gasteiger partial charge in [0.05, 0.1) is 15.7 Å². The van der Waals surface area contributed by atoms with Crippen molar-refractivity contribution in [1.82, 2.24) is 4.98 Å². The van der Waals surface area contributed by atoms with E-state index in [1.165, 1.54) is 0 Å². The van der Waals surface area contributed by atoms with E-state index >= 15 is 0 Å². The van der Waals surface area contributed by atoms with Crippen molar-refractivity contribution in [2.45, 2.75) is 6.92 Å². The number of benzene rings is 1. The molecule has 0 unspecified atom stereocenters. The molecule has 0 atom stereocenters. The molecule has 2 rings (SSSR count). The van der Waals surface area contributed by atoms with Crippen LogP contribution in [-0.2, 0) is 0 Å². The number of hydrogen-bond donors (Lipinski definition) is 2. The maximum Gasteiger partial charge on any atom is 0.255 e. The zero-order valence-corrected chi connectivity index (χ0v) is 12.8. The summed E-state index contributed by atoms with van der Waals surface area (Å²) in [5, 5.41) is 5.51. The van der Waals surface area contributed by atoms with Gasteiger partial charge >= 0.3 is 0 Å². The van der Waals surface area contributed by atoms with Gasteiger partial charge in [-0.15, -0.1) is 0 Å². The van der Waals surface area contributed by atoms with Gasteiger partial charge in [0.25, 0.3) is 5.91 Å². The third-order valence-corrected chi connectivity index (χ3v) is 3.31. The van der Waals surface area contributed by atoms with Crippen molar-refractivity contribution in [3.8, 4) is 0 Å². The molecule has 1 aromatic carbocycles. The van der Waals surface area contributed by atoms with E-state index in [0.717, 1.165) is 12.1 Å². The van der Waals surface area contributed by atoms with Gasteiger partial charge in [0.1, 0.15) is 11.6 Å². The lowest BCUT2D eigenvalue weighted by Gasteiger charge is -2.11. The Morgan fingerprint density at radius 3 is 2.38 bits per heavy atom. The van der Waals surface area contributed by atoms with Gasteiger partial charge in [-0.3, -0.25) is 4.79 Å². The van der Waals surface area contributed by atoms with Crippen molar-refractivity contribution in [3.63, 3.8) is 0 Å². The lowest BCUT2D eigenvalue weighted by atomic mass is 10.2. The summed E-state index contributed by atoms with van der Waals surface area (Å²) in [5.74, 6) is -0.413. The van der Waals surface area contributed by atoms with Crippen molar-refractivity contribution < 1.29 is 9.18 Å². The van der Waals surface area contributed by atoms with Crippen LogP contribution in [0.25, 0.3) is 0 Å². The molecule has 110 valence electrons. The first-order valence-corrected chi connectivity index (χ1v) is 6.78. The van der Waals surface area contributed by atoms with Crippen molar-refractivity contribution in [3.05, 3.63) is 51.4 Å². The zero-order valence-electron chi connectivity index (χ0n) is 11.3. The monoisotopic (exact) mass is 327 g/mol. The Morgan fingerprint density at radius 2 is 1.81 bits per heavy atom. The second kappa shape index (κ2) is 6.28. The van der Waals surface area contributed by atoms with Gasteiger partial charge in [0.15, 0.2) is 0 Å². The average molecular weight is 328 g/mol. The van der Waals surface area contributed by atoms with Gasteiger partial charge in [-0.25, -0.2) is 9.37 Å². The third kappa shape index (κ3) is 3.62. The van der Waals surface area contributed by atoms with Crippen molar-refractivity contribution in [2.75, 3.05) is 17.7 Å². The van der Waals surface area contributed by atoms with Crippen molar-refractivity contribution in [1.29, 1.82) is 0 Å². The van der Waals surface area contributed by atoms with E-state index in [9.17, 15) is 9.18 Å². The van der Waals surface area contributed by atoms with Gasteiger partial charge in [-0.1, -0.05) is 23.2 Å². The van der Waals surface area contributed by atoms with Crippen molar-refractivity contribution in [2.24, 2.45) is 0 Å². The molecular formula is C14H12Cl2FN3O. The summed E-state index contributed by atoms with van der Waals surface area (Å²) in [6, 6.07) is 5.38. The number of amides is 1. The van der Waals surface area contributed by atoms with E-state index in [-0.39, 0.29) is 15.7 Å². The Balaban J connectivity index is 2.32. The highest BCUT2D eigenvalue weighted by Crippen LogP contribution is 2.31. The Hall–Kier alpha value is -1.85. The second-order valence-electron chi connectivity index (χ2n) is 4.33. The summed E-state index contributed by atoms with van der Waals surface area (Å²) in [4.78, 5) is 16.4. The van der Waals surface area contributed by atoms with Crippen LogP contribution in [0.2, 0.25) is 10.0 Å². The smallest absolute Gasteiger partial charge is 0.255 e. The van der Waals surface area contributed by atoms with Gasteiger partial charge in [0, 0.05) is 18.3 Å². The number of halogens is 3. The average Bonchev–Trinajstić information content (AvgIpc) is 2.41. The van der Waals surface area contributed by atoms with E-state index in [0.29, 0.717) is 17.1 Å². The first-order chi connectivity index (χ1) is 9.90. The Kier molecular flexibility index (Phi) is 4.65. The van der Waals surface area contributed by atoms with Crippen LogP contribution in [0.5, 0.6) is 0 Å². The van der Waals surface area contributed by atoms with Crippen molar-refractivity contribution >= 4 is 40.6 Å². The van der Waals surface area contributed by atoms with E-state index in [4.69, 9.17) is 23.2 Å². The number of nitrogens with one attached hydrogen (secondary N) is 2. The Labute approximate surface area is 131 Å². The summed E-state index contributed by atoms with van der Waals surface area (Å²) < 4.78 is 13.1. The fourth-order valence-corrected chi connectivity index (χ4v) is 2.33. The maximum absolute atomic E-state index is 13.1. The molecule has 7 heteroatoms. The second-order valence-corrected chi connectivity index (χ2v) is 5.15. The molecule has 0 spiro atoms. The number of hydrogen-bond acceptors (Lipinski definition) is 3. The normalized spacial score (nSPS) is 10.3. The standard InChI is InChI=1S/C14H12Cl2FN3O/c1-7-3-8(4-12(18-2)19-7)14(21)20-13-10(15)5-9(17)6-11(13)16/h3-6H,1-2H3,(H,18,19)(H,20,21). The van der Waals surface area contributed by atoms with Gasteiger partial charge < -0.3 is 10.6 Å². The fourth-order valence-electron chi connectivity index (χ4n) is 1.78. The lowest BCUT2D eigenvalue weighted by Crippen LogP contribution is -2.14. The molecule has 0 saturated carbocycles. The highest BCUT2D eigenvalue weighted by Gasteiger charge is 2.14. The molecule has 0 bridgehead atoms. The minimum absolute atomic E-state index is 0.0352. The van der Waals surface area contributed by atoms with Crippen LogP contribution in [0, 0.1) is 12.7 Å². The van der Waals surface area contributed by atoms with E-state index in [2.05, 4.69) is 15.6 Å². The van der Waals surface area contributed by atoms with Gasteiger partial charge in [-0.05, 0) is 31.2 Å². The predicted molar refractivity (Wildman–Crippen MR) is 82.9 cm³/mol. The fraction of sp³-hybridized carbons (Fsp3) is 0.143. The summed E-state index contributed by atoms with van der Waals surface area (Å²) in [7, 11) is 1.71. The Bertz CT molecular complexity index is 684. The summed E-state index contributed by atoms with van der Waals surface area (Å²) in [6.07, 6.45) is 0. The molecule has 4 nitrogen and oxygen atoms in total. The van der Waals surface area contributed by atoms with Crippen LogP contribution >= 0.6 is 23.2 Å². The van der Waals surface area contributed by atoms with Crippen LogP contribution in [0.4, 0.5) is 15.9 Å². The lowest BCUT2D eigenvalue weighted by molar-refractivity contribution is 0.102. The number of nitrogens with zero attached hydrogens (tertiary/aromatic N) is 1. The molecule has 21 heavy (non-hydrogen) atoms. The van der Waals surface area contributed by atoms with Crippen LogP contribution < -0.4 is 10.6 Å². The van der Waals surface area contributed by atoms with Crippen LogP contribution in [0.1, 0.15) is 16.1 Å². The van der Waals surface area contributed by atoms with Gasteiger partial charge in [0.2, 0.25) is 0 Å². The molecule has 2 aromatic rings. The molecule has 0 fully saturated rings. The molecule has 1 aromatic heterocycles. The van der Waals surface area contributed by atoms with Crippen LogP contribution in [-0.4, -0.2) is 17.9 Å². The quantitative estimate of drug-likeness (QED) is 0.891. The number of rotatable bonds is 3. The molecule has 0 aliphatic heterocycles. The minimum Gasteiger partial charge on any atom is -0.373 e. The molecule has 0 aliphatic carbocycles. The summed E-state index contributed by atoms with van der Waals surface area (Å²) in [5.41, 5.74) is 1.25. The minimum atomic E-state index is -0.569. The first kappa shape index (κ1) is 15.5. The highest BCUT2D eigenvalue weighted by atomic mass is 35.5. The Morgan fingerprint density at radius 1 is 1.19 bits per heavy atom. The molecule has 0 aliphatic rings. The molecule has 2 N–H and O–H groups in total. The topological polar surface area (TPSA) is 54.0 Å². The number of aryl methyl sites for hydroxylation is 1. The number of anilines is 2. The summed E-state index contributed by atoms with van der Waals surface area (Å²) in [6.45, 7) is 1.77. The van der Waals surface area contributed by atoms with Gasteiger partial charge in [-0.2, -0.15) is 0 Å². The zero-order chi connectivity index (χ0) is 15.6. The number of carbonyl (C=O) groups excluding carboxylic acids is 1. The van der Waals surface area contributed by atoms with E-state index in [1.807, 2.05) is 0 Å². The predicted octanol–water partition coefficient (Wildman–Crippen LogP) is 4.13. The molecule has 1 amide bonds. The SMILES string of the molecule is CNc1cc(C(=O)Nc2c(Cl)cc(F)cc2Cl)cc(C)n1. The number of carbonyl (C=O) groups is 1. The summed E-state index contributed by atoms with van der Waals surface area (Å²) >= 11 is 11.8. The van der Waals surface area contributed by atoms with Crippen LogP contribution in [0.3, 0.4) is 0 Å². The molecule has 0 saturated heterocycles.